The Morgan fingerprint density at radius 3 is 2.79 bits per heavy atom. The summed E-state index contributed by atoms with van der Waals surface area (Å²) < 4.78 is 14.5. The van der Waals surface area contributed by atoms with Crippen LogP contribution >= 0.6 is 0 Å². The van der Waals surface area contributed by atoms with Crippen molar-refractivity contribution in [2.75, 3.05) is 6.54 Å². The van der Waals surface area contributed by atoms with Crippen molar-refractivity contribution in [3.05, 3.63) is 71.7 Å². The molecule has 0 aliphatic rings. The van der Waals surface area contributed by atoms with Gasteiger partial charge in [0.25, 0.3) is 5.91 Å². The lowest BCUT2D eigenvalue weighted by molar-refractivity contribution is 0.0955. The molecule has 0 unspecified atom stereocenters. The predicted molar refractivity (Wildman–Crippen MR) is 107 cm³/mol. The number of hydrogen-bond donors (Lipinski definition) is 2. The minimum atomic E-state index is -0.405. The van der Waals surface area contributed by atoms with Crippen LogP contribution in [-0.2, 0) is 0 Å². The molecule has 0 aliphatic carbocycles. The Balaban J connectivity index is 1.81. The molecule has 2 heterocycles. The second kappa shape index (κ2) is 7.23. The topological polar surface area (TPSA) is 70.7 Å². The number of nitrogens with zero attached hydrogens (tertiary/aromatic N) is 2. The van der Waals surface area contributed by atoms with Crippen LogP contribution < -0.4 is 5.32 Å². The minimum Gasteiger partial charge on any atom is -0.352 e. The molecule has 5 nitrogen and oxygen atoms in total. The fourth-order valence-corrected chi connectivity index (χ4v) is 3.26. The van der Waals surface area contributed by atoms with Crippen molar-refractivity contribution in [2.24, 2.45) is 0 Å². The largest absolute Gasteiger partial charge is 0.352 e. The number of rotatable bonds is 4. The molecule has 1 amide bonds. The van der Waals surface area contributed by atoms with Crippen LogP contribution in [0.2, 0.25) is 0 Å². The summed E-state index contributed by atoms with van der Waals surface area (Å²) in [5, 5.41) is 11.1. The summed E-state index contributed by atoms with van der Waals surface area (Å²) in [6.07, 6.45) is 1.73. The average molecular weight is 374 g/mol. The van der Waals surface area contributed by atoms with Crippen LogP contribution in [0.4, 0.5) is 4.39 Å². The smallest absolute Gasteiger partial charge is 0.251 e. The molecular formula is C22H19FN4O. The summed E-state index contributed by atoms with van der Waals surface area (Å²) in [6, 6.07) is 14.4. The summed E-state index contributed by atoms with van der Waals surface area (Å²) in [7, 11) is 0. The second-order valence-corrected chi connectivity index (χ2v) is 6.54. The molecule has 28 heavy (non-hydrogen) atoms. The average Bonchev–Trinajstić information content (AvgIpc) is 3.14. The number of fused-ring (bicyclic) bond motifs is 1. The van der Waals surface area contributed by atoms with Crippen molar-refractivity contribution in [3.63, 3.8) is 0 Å². The van der Waals surface area contributed by atoms with E-state index in [1.165, 1.54) is 6.07 Å². The number of pyridine rings is 1. The van der Waals surface area contributed by atoms with Crippen molar-refractivity contribution in [1.29, 1.82) is 0 Å². The number of halogens is 1. The second-order valence-electron chi connectivity index (χ2n) is 6.54. The number of aromatic nitrogens is 3. The lowest BCUT2D eigenvalue weighted by Gasteiger charge is -2.11. The Labute approximate surface area is 161 Å². The molecule has 0 aliphatic heterocycles. The normalized spacial score (nSPS) is 11.0. The van der Waals surface area contributed by atoms with E-state index in [0.29, 0.717) is 23.2 Å². The molecular weight excluding hydrogens is 355 g/mol. The van der Waals surface area contributed by atoms with Gasteiger partial charge in [0.15, 0.2) is 0 Å². The Bertz CT molecular complexity index is 1170. The van der Waals surface area contributed by atoms with Gasteiger partial charge in [-0.1, -0.05) is 12.1 Å². The minimum absolute atomic E-state index is 0.289. The SMILES string of the molecule is CCNC(=O)c1cc(F)c(C)c(-c2ccc3c(-c4ccccn4)n[nH]c3c2)c1. The van der Waals surface area contributed by atoms with Gasteiger partial charge in [0.05, 0.1) is 11.2 Å². The molecule has 6 heteroatoms. The van der Waals surface area contributed by atoms with Gasteiger partial charge in [-0.15, -0.1) is 0 Å². The van der Waals surface area contributed by atoms with Gasteiger partial charge in [0.2, 0.25) is 0 Å². The molecule has 140 valence electrons. The van der Waals surface area contributed by atoms with Gasteiger partial charge in [-0.25, -0.2) is 4.39 Å². The number of aromatic amines is 1. The first-order valence-electron chi connectivity index (χ1n) is 9.06. The lowest BCUT2D eigenvalue weighted by atomic mass is 9.96. The fraction of sp³-hybridized carbons (Fsp3) is 0.136. The predicted octanol–water partition coefficient (Wildman–Crippen LogP) is 4.49. The summed E-state index contributed by atoms with van der Waals surface area (Å²) >= 11 is 0. The van der Waals surface area contributed by atoms with Crippen LogP contribution in [0.1, 0.15) is 22.8 Å². The molecule has 0 radical (unpaired) electrons. The van der Waals surface area contributed by atoms with Gasteiger partial charge >= 0.3 is 0 Å². The van der Waals surface area contributed by atoms with Gasteiger partial charge in [-0.3, -0.25) is 14.9 Å². The molecule has 2 aromatic heterocycles. The highest BCUT2D eigenvalue weighted by molar-refractivity contribution is 5.97. The number of H-pyrrole nitrogens is 1. The van der Waals surface area contributed by atoms with Crippen molar-refractivity contribution in [2.45, 2.75) is 13.8 Å². The number of carbonyl (C=O) groups excluding carboxylic acids is 1. The van der Waals surface area contributed by atoms with E-state index < -0.39 is 5.82 Å². The van der Waals surface area contributed by atoms with E-state index in [1.54, 1.807) is 19.2 Å². The quantitative estimate of drug-likeness (QED) is 0.553. The molecule has 0 saturated heterocycles. The van der Waals surface area contributed by atoms with Gasteiger partial charge in [0, 0.05) is 23.7 Å². The van der Waals surface area contributed by atoms with E-state index in [4.69, 9.17) is 0 Å². The summed E-state index contributed by atoms with van der Waals surface area (Å²) in [5.74, 6) is -0.694. The van der Waals surface area contributed by atoms with Gasteiger partial charge in [-0.2, -0.15) is 5.10 Å². The lowest BCUT2D eigenvalue weighted by Crippen LogP contribution is -2.22. The third-order valence-electron chi connectivity index (χ3n) is 4.73. The van der Waals surface area contributed by atoms with E-state index in [9.17, 15) is 9.18 Å². The zero-order valence-corrected chi connectivity index (χ0v) is 15.6. The zero-order valence-electron chi connectivity index (χ0n) is 15.6. The highest BCUT2D eigenvalue weighted by Crippen LogP contribution is 2.32. The standard InChI is InChI=1S/C22H19FN4O/c1-3-24-22(28)15-10-17(13(2)18(23)11-15)14-7-8-16-20(12-14)26-27-21(16)19-6-4-5-9-25-19/h4-12H,3H2,1-2H3,(H,24,28)(H,26,27). The number of amides is 1. The molecule has 0 spiro atoms. The van der Waals surface area contributed by atoms with Crippen LogP contribution in [0.5, 0.6) is 0 Å². The zero-order chi connectivity index (χ0) is 19.7. The van der Waals surface area contributed by atoms with Gasteiger partial charge in [-0.05, 0) is 66.9 Å². The Hall–Kier alpha value is -3.54. The maximum Gasteiger partial charge on any atom is 0.251 e. The van der Waals surface area contributed by atoms with E-state index in [-0.39, 0.29) is 5.91 Å². The summed E-state index contributed by atoms with van der Waals surface area (Å²) in [4.78, 5) is 16.5. The number of nitrogens with one attached hydrogen (secondary N) is 2. The van der Waals surface area contributed by atoms with E-state index in [2.05, 4.69) is 20.5 Å². The van der Waals surface area contributed by atoms with Crippen LogP contribution in [0.3, 0.4) is 0 Å². The van der Waals surface area contributed by atoms with Gasteiger partial charge in [0.1, 0.15) is 11.5 Å². The molecule has 4 aromatic rings. The highest BCUT2D eigenvalue weighted by Gasteiger charge is 2.15. The van der Waals surface area contributed by atoms with Gasteiger partial charge < -0.3 is 5.32 Å². The molecule has 0 bridgehead atoms. The number of hydrogen-bond acceptors (Lipinski definition) is 3. The molecule has 2 N–H and O–H groups in total. The molecule has 2 aromatic carbocycles. The highest BCUT2D eigenvalue weighted by atomic mass is 19.1. The maximum absolute atomic E-state index is 14.5. The maximum atomic E-state index is 14.5. The van der Waals surface area contributed by atoms with Crippen LogP contribution in [0.25, 0.3) is 33.4 Å². The third-order valence-corrected chi connectivity index (χ3v) is 4.73. The Morgan fingerprint density at radius 2 is 2.04 bits per heavy atom. The first-order chi connectivity index (χ1) is 13.6. The molecule has 4 rings (SSSR count). The number of benzene rings is 2. The Morgan fingerprint density at radius 1 is 1.18 bits per heavy atom. The van der Waals surface area contributed by atoms with Crippen molar-refractivity contribution >= 4 is 16.8 Å². The van der Waals surface area contributed by atoms with E-state index in [0.717, 1.165) is 27.9 Å². The fourth-order valence-electron chi connectivity index (χ4n) is 3.26. The third kappa shape index (κ3) is 3.13. The van der Waals surface area contributed by atoms with Crippen molar-refractivity contribution < 1.29 is 9.18 Å². The monoisotopic (exact) mass is 374 g/mol. The Kier molecular flexibility index (Phi) is 4.61. The van der Waals surface area contributed by atoms with Crippen LogP contribution in [0, 0.1) is 12.7 Å². The molecule has 0 atom stereocenters. The molecule has 0 fully saturated rings. The van der Waals surface area contributed by atoms with Crippen LogP contribution in [-0.4, -0.2) is 27.6 Å². The summed E-state index contributed by atoms with van der Waals surface area (Å²) in [6.45, 7) is 4.03. The van der Waals surface area contributed by atoms with E-state index in [1.807, 2.05) is 43.3 Å². The molecule has 0 saturated carbocycles. The first-order valence-corrected chi connectivity index (χ1v) is 9.06. The summed E-state index contributed by atoms with van der Waals surface area (Å²) in [5.41, 5.74) is 4.66. The van der Waals surface area contributed by atoms with Crippen LogP contribution in [0.15, 0.2) is 54.7 Å². The van der Waals surface area contributed by atoms with E-state index >= 15 is 0 Å². The number of carbonyl (C=O) groups is 1. The van der Waals surface area contributed by atoms with Crippen molar-refractivity contribution in [1.82, 2.24) is 20.5 Å². The van der Waals surface area contributed by atoms with Crippen molar-refractivity contribution in [3.8, 4) is 22.5 Å². The first kappa shape index (κ1) is 17.9.